The van der Waals surface area contributed by atoms with E-state index in [1.54, 1.807) is 6.08 Å². The summed E-state index contributed by atoms with van der Waals surface area (Å²) in [6.07, 6.45) is 26.1. The summed E-state index contributed by atoms with van der Waals surface area (Å²) in [5.74, 6) is -0.270. The number of nitrogens with one attached hydrogen (secondary N) is 1. The molecule has 19 heteroatoms. The van der Waals surface area contributed by atoms with Gasteiger partial charge in [0.05, 0.1) is 38.6 Å². The second kappa shape index (κ2) is 49.3. The topological polar surface area (TPSA) is 307 Å². The number of aliphatic hydroxyl groups excluding tert-OH is 11. The van der Waals surface area contributed by atoms with Gasteiger partial charge < -0.3 is 89.9 Å². The van der Waals surface area contributed by atoms with E-state index >= 15 is 0 Å². The normalized spacial score (nSPS) is 29.0. The highest BCUT2D eigenvalue weighted by molar-refractivity contribution is 5.76. The second-order valence-corrected chi connectivity index (χ2v) is 25.0. The van der Waals surface area contributed by atoms with Gasteiger partial charge in [-0.2, -0.15) is 0 Å². The third kappa shape index (κ3) is 31.9. The summed E-state index contributed by atoms with van der Waals surface area (Å²) < 4.78 is 34.3. The van der Waals surface area contributed by atoms with Crippen molar-refractivity contribution in [1.82, 2.24) is 5.32 Å². The summed E-state index contributed by atoms with van der Waals surface area (Å²) in [6, 6.07) is -0.968. The molecular formula is C66H125NO18. The van der Waals surface area contributed by atoms with Gasteiger partial charge in [-0.3, -0.25) is 4.79 Å². The van der Waals surface area contributed by atoms with Crippen molar-refractivity contribution < 1.29 is 89.4 Å². The predicted octanol–water partition coefficient (Wildman–Crippen LogP) is 8.50. The number of hydrogen-bond acceptors (Lipinski definition) is 18. The summed E-state index contributed by atoms with van der Waals surface area (Å²) in [7, 11) is 0. The summed E-state index contributed by atoms with van der Waals surface area (Å²) in [4.78, 5) is 13.4. The monoisotopic (exact) mass is 1220 g/mol. The fourth-order valence-corrected chi connectivity index (χ4v) is 12.0. The number of hydrogen-bond donors (Lipinski definition) is 12. The lowest BCUT2D eigenvalue weighted by Gasteiger charge is -2.48. The molecule has 17 atom stereocenters. The molecule has 0 aromatic rings. The molecule has 3 aliphatic rings. The van der Waals surface area contributed by atoms with Gasteiger partial charge in [0.2, 0.25) is 5.91 Å². The predicted molar refractivity (Wildman–Crippen MR) is 328 cm³/mol. The fraction of sp³-hybridized carbons (Fsp3) is 0.955. The molecule has 0 bridgehead atoms. The minimum atomic E-state index is -1.98. The highest BCUT2D eigenvalue weighted by Gasteiger charge is 2.53. The van der Waals surface area contributed by atoms with E-state index in [1.807, 2.05) is 6.08 Å². The first-order valence-corrected chi connectivity index (χ1v) is 34.4. The zero-order valence-corrected chi connectivity index (χ0v) is 52.9. The maximum absolute atomic E-state index is 13.4. The van der Waals surface area contributed by atoms with Crippen molar-refractivity contribution in [3.63, 3.8) is 0 Å². The molecule has 0 saturated carbocycles. The Morgan fingerprint density at radius 1 is 0.412 bits per heavy atom. The number of unbranched alkanes of at least 4 members (excludes halogenated alkanes) is 37. The van der Waals surface area contributed by atoms with Gasteiger partial charge in [-0.15, -0.1) is 0 Å². The lowest BCUT2D eigenvalue weighted by molar-refractivity contribution is -0.379. The lowest BCUT2D eigenvalue weighted by Crippen LogP contribution is -2.66. The van der Waals surface area contributed by atoms with Gasteiger partial charge in [0.1, 0.15) is 73.2 Å². The van der Waals surface area contributed by atoms with Crippen LogP contribution in [0.5, 0.6) is 0 Å². The number of ether oxygens (including phenoxy) is 6. The zero-order chi connectivity index (χ0) is 61.9. The van der Waals surface area contributed by atoms with Gasteiger partial charge in [0.15, 0.2) is 18.9 Å². The summed E-state index contributed by atoms with van der Waals surface area (Å²) in [5, 5.41) is 120. The molecule has 0 spiro atoms. The first-order chi connectivity index (χ1) is 41.3. The highest BCUT2D eigenvalue weighted by Crippen LogP contribution is 2.33. The van der Waals surface area contributed by atoms with Gasteiger partial charge >= 0.3 is 0 Å². The number of allylic oxidation sites excluding steroid dienone is 1. The van der Waals surface area contributed by atoms with Crippen LogP contribution in [-0.2, 0) is 33.2 Å². The van der Waals surface area contributed by atoms with Crippen LogP contribution in [0, 0.1) is 0 Å². The highest BCUT2D eigenvalue weighted by atomic mass is 16.8. The van der Waals surface area contributed by atoms with Gasteiger partial charge in [0, 0.05) is 6.42 Å². The van der Waals surface area contributed by atoms with Crippen molar-refractivity contribution in [1.29, 1.82) is 0 Å². The van der Waals surface area contributed by atoms with Crippen molar-refractivity contribution in [3.8, 4) is 0 Å². The van der Waals surface area contributed by atoms with Crippen LogP contribution in [0.1, 0.15) is 271 Å². The Balaban J connectivity index is 1.45. The van der Waals surface area contributed by atoms with E-state index in [0.29, 0.717) is 6.42 Å². The summed E-state index contributed by atoms with van der Waals surface area (Å²) >= 11 is 0. The lowest BCUT2D eigenvalue weighted by atomic mass is 9.96. The number of aliphatic hydroxyl groups is 11. The molecule has 17 unspecified atom stereocenters. The molecule has 0 radical (unpaired) electrons. The first kappa shape index (κ1) is 77.8. The van der Waals surface area contributed by atoms with E-state index < -0.39 is 124 Å². The van der Waals surface area contributed by atoms with Crippen molar-refractivity contribution in [2.24, 2.45) is 0 Å². The van der Waals surface area contributed by atoms with E-state index in [9.17, 15) is 61.0 Å². The van der Waals surface area contributed by atoms with Crippen LogP contribution in [0.4, 0.5) is 0 Å². The second-order valence-electron chi connectivity index (χ2n) is 25.0. The molecule has 3 fully saturated rings. The van der Waals surface area contributed by atoms with Crippen molar-refractivity contribution >= 4 is 5.91 Å². The summed E-state index contributed by atoms with van der Waals surface area (Å²) in [5.41, 5.74) is 0. The molecule has 3 rings (SSSR count). The fourth-order valence-electron chi connectivity index (χ4n) is 12.0. The van der Waals surface area contributed by atoms with E-state index in [0.717, 1.165) is 44.9 Å². The molecule has 19 nitrogen and oxygen atoms in total. The molecule has 0 aromatic heterocycles. The van der Waals surface area contributed by atoms with Gasteiger partial charge in [-0.05, 0) is 19.3 Å². The smallest absolute Gasteiger partial charge is 0.220 e. The maximum atomic E-state index is 13.4. The van der Waals surface area contributed by atoms with Crippen LogP contribution >= 0.6 is 0 Å². The van der Waals surface area contributed by atoms with Gasteiger partial charge in [-0.25, -0.2) is 0 Å². The molecule has 3 heterocycles. The molecule has 1 amide bonds. The van der Waals surface area contributed by atoms with Crippen LogP contribution in [0.15, 0.2) is 12.2 Å². The largest absolute Gasteiger partial charge is 0.394 e. The van der Waals surface area contributed by atoms with Crippen LogP contribution < -0.4 is 5.32 Å². The molecular weight excluding hydrogens is 1090 g/mol. The number of carbonyl (C=O) groups excluding carboxylic acids is 1. The molecule has 502 valence electrons. The first-order valence-electron chi connectivity index (χ1n) is 34.4. The maximum Gasteiger partial charge on any atom is 0.220 e. The quantitative estimate of drug-likeness (QED) is 0.0201. The van der Waals surface area contributed by atoms with E-state index in [2.05, 4.69) is 19.2 Å². The average molecular weight is 1220 g/mol. The minimum absolute atomic E-state index is 0.249. The number of amides is 1. The van der Waals surface area contributed by atoms with E-state index in [4.69, 9.17) is 28.4 Å². The van der Waals surface area contributed by atoms with E-state index in [-0.39, 0.29) is 18.9 Å². The molecule has 85 heavy (non-hydrogen) atoms. The van der Waals surface area contributed by atoms with Crippen molar-refractivity contribution in [2.45, 2.75) is 375 Å². The molecule has 0 aromatic carbocycles. The molecule has 3 aliphatic heterocycles. The zero-order valence-electron chi connectivity index (χ0n) is 52.9. The third-order valence-electron chi connectivity index (χ3n) is 17.6. The van der Waals surface area contributed by atoms with Crippen LogP contribution in [-0.4, -0.2) is 193 Å². The van der Waals surface area contributed by atoms with Crippen LogP contribution in [0.2, 0.25) is 0 Å². The Hall–Kier alpha value is -1.47. The number of carbonyl (C=O) groups is 1. The Bertz CT molecular complexity index is 1600. The van der Waals surface area contributed by atoms with Crippen LogP contribution in [0.3, 0.4) is 0 Å². The van der Waals surface area contributed by atoms with Gasteiger partial charge in [0.25, 0.3) is 0 Å². The Morgan fingerprint density at radius 3 is 1.11 bits per heavy atom. The minimum Gasteiger partial charge on any atom is -0.394 e. The van der Waals surface area contributed by atoms with Crippen LogP contribution in [0.25, 0.3) is 0 Å². The average Bonchev–Trinajstić information content (AvgIpc) is 3.64. The van der Waals surface area contributed by atoms with Crippen molar-refractivity contribution in [2.75, 3.05) is 26.4 Å². The third-order valence-corrected chi connectivity index (χ3v) is 17.6. The molecule has 3 saturated heterocycles. The van der Waals surface area contributed by atoms with Crippen molar-refractivity contribution in [3.05, 3.63) is 12.2 Å². The Morgan fingerprint density at radius 2 is 0.729 bits per heavy atom. The molecule has 0 aliphatic carbocycles. The SMILES string of the molecule is CCCCCCCCCCCCCCCCCCCCCCC/C=C/C(O)C(COC1OC(CO)C(OC2OC(CO)C(OC3OC(CO)C(O)C(O)C3O)C(O)C2O)C(O)C1O)NC(=O)CCCCCCCCCCCCCCCCCCC. The Labute approximate surface area is 512 Å². The standard InChI is InChI=1S/C66H125NO18/c1-3-5-7-9-11-13-15-17-19-21-22-23-24-25-26-28-29-31-33-35-37-39-41-43-50(71)49(67-54(72)44-42-40-38-36-34-32-30-27-20-18-16-14-12-10-8-6-4-2)48-80-64-60(78)57(75)62(52(46-69)82-64)85-66-61(79)58(76)63(53(47-70)83-66)84-65-59(77)56(74)55(73)51(45-68)81-65/h41,43,49-53,55-66,68-71,73-79H,3-40,42,44-48H2,1-2H3,(H,67,72)/b43-41+. The van der Waals surface area contributed by atoms with Gasteiger partial charge in [-0.1, -0.05) is 257 Å². The van der Waals surface area contributed by atoms with E-state index in [1.165, 1.54) is 199 Å². The molecule has 12 N–H and O–H groups in total. The number of rotatable bonds is 53. The summed E-state index contributed by atoms with van der Waals surface area (Å²) in [6.45, 7) is 1.77. The Kier molecular flexibility index (Phi) is 45.1.